The van der Waals surface area contributed by atoms with Crippen LogP contribution in [0.5, 0.6) is 0 Å². The maximum Gasteiger partial charge on any atom is 0.234 e. The molecule has 24 heavy (non-hydrogen) atoms. The molecular formula is C16H28N6OS. The molecule has 0 saturated carbocycles. The SMILES string of the molecule is C=CCn1cnn(CN2CCN(CC(=O)NC(C)(C)C)CC2)c1=S. The summed E-state index contributed by atoms with van der Waals surface area (Å²) in [5.74, 6) is 0.0846. The van der Waals surface area contributed by atoms with Gasteiger partial charge in [0.1, 0.15) is 6.33 Å². The number of hydrogen-bond donors (Lipinski definition) is 1. The molecule has 1 aromatic heterocycles. The molecule has 2 rings (SSSR count). The van der Waals surface area contributed by atoms with Crippen molar-refractivity contribution >= 4 is 18.1 Å². The summed E-state index contributed by atoms with van der Waals surface area (Å²) in [5.41, 5.74) is -0.181. The van der Waals surface area contributed by atoms with Crippen molar-refractivity contribution in [3.63, 3.8) is 0 Å². The van der Waals surface area contributed by atoms with Gasteiger partial charge in [0, 0.05) is 38.3 Å². The molecule has 1 amide bonds. The minimum absolute atomic E-state index is 0.0846. The van der Waals surface area contributed by atoms with Gasteiger partial charge in [-0.25, -0.2) is 4.68 Å². The minimum Gasteiger partial charge on any atom is -0.350 e. The van der Waals surface area contributed by atoms with Crippen LogP contribution in [-0.4, -0.2) is 68.3 Å². The number of aromatic nitrogens is 3. The van der Waals surface area contributed by atoms with Crippen molar-refractivity contribution < 1.29 is 4.79 Å². The van der Waals surface area contributed by atoms with Crippen LogP contribution in [0.25, 0.3) is 0 Å². The molecule has 1 N–H and O–H groups in total. The molecule has 8 heteroatoms. The summed E-state index contributed by atoms with van der Waals surface area (Å²) in [6.45, 7) is 15.1. The molecule has 1 aliphatic rings. The lowest BCUT2D eigenvalue weighted by Gasteiger charge is -2.34. The Balaban J connectivity index is 1.80. The molecule has 2 heterocycles. The van der Waals surface area contributed by atoms with Crippen molar-refractivity contribution in [2.45, 2.75) is 39.5 Å². The first-order valence-electron chi connectivity index (χ1n) is 8.27. The molecule has 0 bridgehead atoms. The number of piperazine rings is 1. The number of hydrogen-bond acceptors (Lipinski definition) is 5. The largest absolute Gasteiger partial charge is 0.350 e. The fraction of sp³-hybridized carbons (Fsp3) is 0.688. The van der Waals surface area contributed by atoms with E-state index in [9.17, 15) is 4.79 Å². The van der Waals surface area contributed by atoms with Crippen LogP contribution in [0, 0.1) is 4.77 Å². The van der Waals surface area contributed by atoms with Crippen molar-refractivity contribution in [3.05, 3.63) is 23.8 Å². The maximum atomic E-state index is 12.0. The van der Waals surface area contributed by atoms with Crippen LogP contribution in [0.1, 0.15) is 20.8 Å². The van der Waals surface area contributed by atoms with Gasteiger partial charge in [-0.05, 0) is 33.0 Å². The zero-order valence-corrected chi connectivity index (χ0v) is 15.7. The number of carbonyl (C=O) groups excluding carboxylic acids is 1. The predicted molar refractivity (Wildman–Crippen MR) is 97.2 cm³/mol. The highest BCUT2D eigenvalue weighted by molar-refractivity contribution is 7.71. The summed E-state index contributed by atoms with van der Waals surface area (Å²) in [6.07, 6.45) is 3.56. The van der Waals surface area contributed by atoms with Gasteiger partial charge in [0.25, 0.3) is 0 Å². The average Bonchev–Trinajstić information content (AvgIpc) is 2.81. The van der Waals surface area contributed by atoms with Crippen LogP contribution in [-0.2, 0) is 18.0 Å². The van der Waals surface area contributed by atoms with Gasteiger partial charge in [-0.2, -0.15) is 5.10 Å². The second-order valence-electron chi connectivity index (χ2n) is 7.19. The van der Waals surface area contributed by atoms with Crippen molar-refractivity contribution in [3.8, 4) is 0 Å². The van der Waals surface area contributed by atoms with E-state index in [0.29, 0.717) is 24.5 Å². The Bertz CT molecular complexity index is 621. The summed E-state index contributed by atoms with van der Waals surface area (Å²) < 4.78 is 4.44. The van der Waals surface area contributed by atoms with E-state index in [1.54, 1.807) is 6.33 Å². The zero-order valence-electron chi connectivity index (χ0n) is 14.9. The Labute approximate surface area is 148 Å². The van der Waals surface area contributed by atoms with Crippen molar-refractivity contribution in [1.82, 2.24) is 29.5 Å². The van der Waals surface area contributed by atoms with Crippen molar-refractivity contribution in [2.75, 3.05) is 32.7 Å². The van der Waals surface area contributed by atoms with Gasteiger partial charge in [0.05, 0.1) is 13.2 Å². The van der Waals surface area contributed by atoms with Crippen LogP contribution < -0.4 is 5.32 Å². The second-order valence-corrected chi connectivity index (χ2v) is 7.55. The van der Waals surface area contributed by atoms with Crippen LogP contribution >= 0.6 is 12.2 Å². The minimum atomic E-state index is -0.181. The molecular weight excluding hydrogens is 324 g/mol. The lowest BCUT2D eigenvalue weighted by atomic mass is 10.1. The quantitative estimate of drug-likeness (QED) is 0.613. The van der Waals surface area contributed by atoms with E-state index in [2.05, 4.69) is 26.8 Å². The van der Waals surface area contributed by atoms with E-state index in [-0.39, 0.29) is 11.4 Å². The van der Waals surface area contributed by atoms with Crippen LogP contribution in [0.2, 0.25) is 0 Å². The topological polar surface area (TPSA) is 58.3 Å². The van der Waals surface area contributed by atoms with Gasteiger partial charge >= 0.3 is 0 Å². The molecule has 7 nitrogen and oxygen atoms in total. The average molecular weight is 353 g/mol. The van der Waals surface area contributed by atoms with E-state index in [1.165, 1.54) is 0 Å². The van der Waals surface area contributed by atoms with Crippen molar-refractivity contribution in [2.24, 2.45) is 0 Å². The van der Waals surface area contributed by atoms with Gasteiger partial charge in [0.2, 0.25) is 5.91 Å². The highest BCUT2D eigenvalue weighted by atomic mass is 32.1. The molecule has 1 aliphatic heterocycles. The normalized spacial score (nSPS) is 17.0. The molecule has 0 aromatic carbocycles. The second kappa shape index (κ2) is 8.04. The molecule has 0 spiro atoms. The van der Waals surface area contributed by atoms with E-state index >= 15 is 0 Å². The van der Waals surface area contributed by atoms with Crippen LogP contribution in [0.3, 0.4) is 0 Å². The lowest BCUT2D eigenvalue weighted by Crippen LogP contribution is -2.51. The summed E-state index contributed by atoms with van der Waals surface area (Å²) in [7, 11) is 0. The molecule has 1 fully saturated rings. The highest BCUT2D eigenvalue weighted by Gasteiger charge is 2.21. The number of nitrogens with one attached hydrogen (secondary N) is 1. The molecule has 0 radical (unpaired) electrons. The summed E-state index contributed by atoms with van der Waals surface area (Å²) in [5, 5.41) is 7.35. The van der Waals surface area contributed by atoms with E-state index < -0.39 is 0 Å². The number of rotatable bonds is 6. The van der Waals surface area contributed by atoms with Crippen molar-refractivity contribution in [1.29, 1.82) is 0 Å². The summed E-state index contributed by atoms with van der Waals surface area (Å²) in [4.78, 5) is 16.5. The Hall–Kier alpha value is -1.51. The Morgan fingerprint density at radius 1 is 1.33 bits per heavy atom. The number of nitrogens with zero attached hydrogens (tertiary/aromatic N) is 5. The van der Waals surface area contributed by atoms with Gasteiger partial charge in [0.15, 0.2) is 4.77 Å². The molecule has 1 saturated heterocycles. The summed E-state index contributed by atoms with van der Waals surface area (Å²) >= 11 is 5.42. The number of carbonyl (C=O) groups is 1. The first-order valence-corrected chi connectivity index (χ1v) is 8.68. The van der Waals surface area contributed by atoms with Gasteiger partial charge in [-0.15, -0.1) is 6.58 Å². The number of allylic oxidation sites excluding steroid dienone is 1. The third kappa shape index (κ3) is 5.54. The Kier molecular flexibility index (Phi) is 6.31. The van der Waals surface area contributed by atoms with E-state index in [1.807, 2.05) is 36.1 Å². The molecule has 1 aromatic rings. The smallest absolute Gasteiger partial charge is 0.234 e. The molecule has 0 atom stereocenters. The number of amides is 1. The third-order valence-corrected chi connectivity index (χ3v) is 4.25. The molecule has 0 aliphatic carbocycles. The predicted octanol–water partition coefficient (Wildman–Crippen LogP) is 1.09. The van der Waals surface area contributed by atoms with Gasteiger partial charge < -0.3 is 9.88 Å². The third-order valence-electron chi connectivity index (χ3n) is 3.80. The first-order chi connectivity index (χ1) is 11.3. The fourth-order valence-electron chi connectivity index (χ4n) is 2.67. The lowest BCUT2D eigenvalue weighted by molar-refractivity contribution is -0.124. The summed E-state index contributed by atoms with van der Waals surface area (Å²) in [6, 6.07) is 0. The Morgan fingerprint density at radius 3 is 2.54 bits per heavy atom. The van der Waals surface area contributed by atoms with E-state index in [0.717, 1.165) is 26.2 Å². The van der Waals surface area contributed by atoms with E-state index in [4.69, 9.17) is 12.2 Å². The van der Waals surface area contributed by atoms with Gasteiger partial charge in [-0.3, -0.25) is 14.6 Å². The molecule has 134 valence electrons. The fourth-order valence-corrected chi connectivity index (χ4v) is 2.90. The van der Waals surface area contributed by atoms with Crippen LogP contribution in [0.4, 0.5) is 0 Å². The zero-order chi connectivity index (χ0) is 17.7. The maximum absolute atomic E-state index is 12.0. The highest BCUT2D eigenvalue weighted by Crippen LogP contribution is 2.05. The molecule has 0 unspecified atom stereocenters. The standard InChI is InChI=1S/C16H28N6OS/c1-5-6-21-12-17-22(15(21)24)13-20-9-7-19(8-10-20)11-14(23)18-16(2,3)4/h5,12H,1,6-11,13H2,2-4H3,(H,18,23). The first kappa shape index (κ1) is 18.8. The van der Waals surface area contributed by atoms with Gasteiger partial charge in [-0.1, -0.05) is 6.08 Å². The Morgan fingerprint density at radius 2 is 1.96 bits per heavy atom. The van der Waals surface area contributed by atoms with Crippen LogP contribution in [0.15, 0.2) is 19.0 Å². The monoisotopic (exact) mass is 352 g/mol.